The number of nitrogens with one attached hydrogen (secondary N) is 1. The minimum Gasteiger partial charge on any atom is -0.465 e. The van der Waals surface area contributed by atoms with Gasteiger partial charge < -0.3 is 4.74 Å². The van der Waals surface area contributed by atoms with Crippen molar-refractivity contribution < 1.29 is 26.4 Å². The van der Waals surface area contributed by atoms with Gasteiger partial charge in [0.25, 0.3) is 10.0 Å². The van der Waals surface area contributed by atoms with Crippen LogP contribution in [-0.2, 0) is 24.6 Å². The summed E-state index contributed by atoms with van der Waals surface area (Å²) in [5.41, 5.74) is 0.0326. The molecular formula is C13H13NO6S3. The Morgan fingerprint density at radius 3 is 2.26 bits per heavy atom. The van der Waals surface area contributed by atoms with Crippen molar-refractivity contribution in [3.8, 4) is 0 Å². The predicted molar refractivity (Wildman–Crippen MR) is 86.0 cm³/mol. The zero-order chi connectivity index (χ0) is 17.3. The lowest BCUT2D eigenvalue weighted by atomic mass is 10.4. The van der Waals surface area contributed by atoms with Crippen molar-refractivity contribution in [3.05, 3.63) is 40.6 Å². The smallest absolute Gasteiger partial charge is 0.350 e. The van der Waals surface area contributed by atoms with E-state index in [1.54, 1.807) is 0 Å². The lowest BCUT2D eigenvalue weighted by Gasteiger charge is -2.11. The van der Waals surface area contributed by atoms with E-state index < -0.39 is 25.8 Å². The van der Waals surface area contributed by atoms with Crippen LogP contribution in [0, 0.1) is 0 Å². The molecule has 1 aromatic heterocycles. The maximum absolute atomic E-state index is 12.5. The van der Waals surface area contributed by atoms with Gasteiger partial charge in [0.2, 0.25) is 0 Å². The first-order valence-electron chi connectivity index (χ1n) is 6.14. The molecule has 1 aromatic carbocycles. The first-order chi connectivity index (χ1) is 10.7. The Morgan fingerprint density at radius 1 is 1.09 bits per heavy atom. The minimum absolute atomic E-state index is 0.0326. The molecule has 0 unspecified atom stereocenters. The van der Waals surface area contributed by atoms with Gasteiger partial charge in [-0.3, -0.25) is 4.72 Å². The average molecular weight is 375 g/mol. The number of rotatable bonds is 5. The molecule has 2 rings (SSSR count). The lowest BCUT2D eigenvalue weighted by Crippen LogP contribution is -2.17. The van der Waals surface area contributed by atoms with E-state index in [2.05, 4.69) is 9.46 Å². The summed E-state index contributed by atoms with van der Waals surface area (Å²) in [6.45, 7) is 0. The van der Waals surface area contributed by atoms with E-state index in [0.717, 1.165) is 17.6 Å². The van der Waals surface area contributed by atoms with Crippen LogP contribution in [0.5, 0.6) is 0 Å². The molecule has 124 valence electrons. The fourth-order valence-corrected chi connectivity index (χ4v) is 5.35. The highest BCUT2D eigenvalue weighted by molar-refractivity contribution is 7.95. The van der Waals surface area contributed by atoms with E-state index in [-0.39, 0.29) is 20.4 Å². The molecule has 10 heteroatoms. The van der Waals surface area contributed by atoms with Crippen molar-refractivity contribution >= 4 is 42.9 Å². The fourth-order valence-electron chi connectivity index (χ4n) is 1.82. The molecule has 0 saturated carbocycles. The van der Waals surface area contributed by atoms with Crippen LogP contribution in [0.25, 0.3) is 0 Å². The van der Waals surface area contributed by atoms with Gasteiger partial charge in [-0.1, -0.05) is 12.1 Å². The van der Waals surface area contributed by atoms with Crippen LogP contribution in [0.3, 0.4) is 0 Å². The van der Waals surface area contributed by atoms with Gasteiger partial charge in [0.1, 0.15) is 9.77 Å². The Bertz CT molecular complexity index is 944. The monoisotopic (exact) mass is 375 g/mol. The van der Waals surface area contributed by atoms with Crippen LogP contribution in [0.2, 0.25) is 0 Å². The normalized spacial score (nSPS) is 11.9. The summed E-state index contributed by atoms with van der Waals surface area (Å²) in [6.07, 6.45) is 0.922. The molecule has 0 bridgehead atoms. The summed E-state index contributed by atoms with van der Waals surface area (Å²) in [6, 6.07) is 6.64. The summed E-state index contributed by atoms with van der Waals surface area (Å²) in [7, 11) is -6.75. The van der Waals surface area contributed by atoms with Crippen LogP contribution < -0.4 is 4.72 Å². The Morgan fingerprint density at radius 2 is 1.70 bits per heavy atom. The highest BCUT2D eigenvalue weighted by Gasteiger charge is 2.25. The van der Waals surface area contributed by atoms with Crippen molar-refractivity contribution in [3.63, 3.8) is 0 Å². The molecule has 0 aliphatic rings. The Balaban J connectivity index is 2.50. The summed E-state index contributed by atoms with van der Waals surface area (Å²) >= 11 is 1.01. The number of methoxy groups -OCH3 is 1. The van der Waals surface area contributed by atoms with Gasteiger partial charge in [0.05, 0.1) is 17.7 Å². The third-order valence-electron chi connectivity index (χ3n) is 2.82. The molecule has 0 radical (unpaired) electrons. The Labute approximate surface area is 137 Å². The van der Waals surface area contributed by atoms with Gasteiger partial charge in [-0.15, -0.1) is 11.3 Å². The quantitative estimate of drug-likeness (QED) is 0.798. The molecule has 0 saturated heterocycles. The Hall–Kier alpha value is -1.91. The van der Waals surface area contributed by atoms with Gasteiger partial charge in [0, 0.05) is 6.26 Å². The molecular weight excluding hydrogens is 362 g/mol. The van der Waals surface area contributed by atoms with Gasteiger partial charge in [-0.05, 0) is 23.6 Å². The molecule has 1 N–H and O–H groups in total. The highest BCUT2D eigenvalue weighted by Crippen LogP contribution is 2.28. The number of carbonyl (C=O) groups is 1. The number of sulfone groups is 1. The number of ether oxygens (including phenoxy) is 1. The van der Waals surface area contributed by atoms with Crippen LogP contribution in [0.1, 0.15) is 9.67 Å². The van der Waals surface area contributed by atoms with Crippen molar-refractivity contribution in [1.82, 2.24) is 0 Å². The first-order valence-corrected chi connectivity index (χ1v) is 10.4. The Kier molecular flexibility index (Phi) is 4.78. The topological polar surface area (TPSA) is 107 Å². The minimum atomic E-state index is -4.19. The zero-order valence-electron chi connectivity index (χ0n) is 12.1. The van der Waals surface area contributed by atoms with Crippen molar-refractivity contribution in [1.29, 1.82) is 0 Å². The van der Waals surface area contributed by atoms with E-state index in [1.165, 1.54) is 42.8 Å². The maximum atomic E-state index is 12.5. The largest absolute Gasteiger partial charge is 0.465 e. The third-order valence-corrected chi connectivity index (χ3v) is 6.42. The van der Waals surface area contributed by atoms with E-state index in [0.29, 0.717) is 0 Å². The number of hydrogen-bond donors (Lipinski definition) is 1. The lowest BCUT2D eigenvalue weighted by molar-refractivity contribution is 0.0607. The van der Waals surface area contributed by atoms with Gasteiger partial charge in [0.15, 0.2) is 9.84 Å². The molecule has 0 atom stereocenters. The maximum Gasteiger partial charge on any atom is 0.350 e. The standard InChI is InChI=1S/C13H13NO6S3/c1-20-13(15)12-9(7-8-21-12)14-23(18,19)11-6-4-3-5-10(11)22(2,16)17/h3-8,14H,1-2H3. The van der Waals surface area contributed by atoms with Crippen LogP contribution in [0.4, 0.5) is 5.69 Å². The van der Waals surface area contributed by atoms with E-state index in [1.807, 2.05) is 0 Å². The number of thiophene rings is 1. The van der Waals surface area contributed by atoms with E-state index >= 15 is 0 Å². The summed E-state index contributed by atoms with van der Waals surface area (Å²) < 4.78 is 55.3. The second-order valence-electron chi connectivity index (χ2n) is 4.48. The molecule has 0 aliphatic heterocycles. The number of sulfonamides is 1. The van der Waals surface area contributed by atoms with Crippen molar-refractivity contribution in [2.24, 2.45) is 0 Å². The molecule has 23 heavy (non-hydrogen) atoms. The zero-order valence-corrected chi connectivity index (χ0v) is 14.6. The SMILES string of the molecule is COC(=O)c1sccc1NS(=O)(=O)c1ccccc1S(C)(=O)=O. The average Bonchev–Trinajstić information content (AvgIpc) is 2.93. The van der Waals surface area contributed by atoms with Gasteiger partial charge in [-0.25, -0.2) is 21.6 Å². The van der Waals surface area contributed by atoms with Crippen LogP contribution in [-0.4, -0.2) is 36.2 Å². The van der Waals surface area contributed by atoms with Crippen LogP contribution in [0.15, 0.2) is 45.5 Å². The second-order valence-corrected chi connectivity index (χ2v) is 9.03. The highest BCUT2D eigenvalue weighted by atomic mass is 32.2. The third kappa shape index (κ3) is 3.71. The van der Waals surface area contributed by atoms with Crippen molar-refractivity contribution in [2.75, 3.05) is 18.1 Å². The second kappa shape index (κ2) is 6.30. The number of esters is 1. The predicted octanol–water partition coefficient (Wildman–Crippen LogP) is 1.74. The molecule has 0 aliphatic carbocycles. The van der Waals surface area contributed by atoms with Crippen LogP contribution >= 0.6 is 11.3 Å². The number of hydrogen-bond acceptors (Lipinski definition) is 7. The molecule has 0 spiro atoms. The molecule has 0 amide bonds. The summed E-state index contributed by atoms with van der Waals surface area (Å²) in [4.78, 5) is 11.0. The van der Waals surface area contributed by atoms with E-state index in [9.17, 15) is 21.6 Å². The molecule has 7 nitrogen and oxygen atoms in total. The summed E-state index contributed by atoms with van der Waals surface area (Å²) in [5, 5.41) is 1.52. The van der Waals surface area contributed by atoms with Gasteiger partial charge >= 0.3 is 5.97 Å². The molecule has 2 aromatic rings. The number of benzene rings is 1. The first kappa shape index (κ1) is 17.4. The molecule has 1 heterocycles. The van der Waals surface area contributed by atoms with Gasteiger partial charge in [-0.2, -0.15) is 0 Å². The number of anilines is 1. The number of carbonyl (C=O) groups excluding carboxylic acids is 1. The summed E-state index contributed by atoms with van der Waals surface area (Å²) in [5.74, 6) is -0.686. The fraction of sp³-hybridized carbons (Fsp3) is 0.154. The molecule has 0 fully saturated rings. The van der Waals surface area contributed by atoms with E-state index in [4.69, 9.17) is 0 Å². The van der Waals surface area contributed by atoms with Crippen molar-refractivity contribution in [2.45, 2.75) is 9.79 Å².